The van der Waals surface area contributed by atoms with E-state index in [-0.39, 0.29) is 21.7 Å². The molecule has 0 saturated heterocycles. The van der Waals surface area contributed by atoms with Crippen LogP contribution in [0.25, 0.3) is 0 Å². The molecule has 0 N–H and O–H groups in total. The van der Waals surface area contributed by atoms with Crippen LogP contribution in [0.2, 0.25) is 0 Å². The van der Waals surface area contributed by atoms with E-state index >= 15 is 0 Å². The van der Waals surface area contributed by atoms with Crippen molar-refractivity contribution in [2.75, 3.05) is 0 Å². The Labute approximate surface area is 119 Å². The molecule has 0 atom stereocenters. The third-order valence-corrected chi connectivity index (χ3v) is 4.54. The van der Waals surface area contributed by atoms with Gasteiger partial charge in [-0.2, -0.15) is 5.82 Å². The molecule has 0 saturated carbocycles. The van der Waals surface area contributed by atoms with Crippen molar-refractivity contribution >= 4 is 18.5 Å². The first-order valence-corrected chi connectivity index (χ1v) is 6.68. The van der Waals surface area contributed by atoms with Gasteiger partial charge in [-0.15, -0.1) is 7.92 Å². The Balaban J connectivity index is 0.00000144. The van der Waals surface area contributed by atoms with E-state index in [2.05, 4.69) is 73.4 Å². The Morgan fingerprint density at radius 3 is 1.53 bits per heavy atom. The molecule has 0 unspecified atom stereocenters. The van der Waals surface area contributed by atoms with E-state index < -0.39 is 7.92 Å². The number of allylic oxidation sites excluding steroid dienone is 1. The zero-order chi connectivity index (χ0) is 11.2. The van der Waals surface area contributed by atoms with Gasteiger partial charge in [0.2, 0.25) is 0 Å². The van der Waals surface area contributed by atoms with Crippen LogP contribution in [0.4, 0.5) is 0 Å². The van der Waals surface area contributed by atoms with Crippen LogP contribution in [0.15, 0.2) is 72.6 Å². The van der Waals surface area contributed by atoms with E-state index in [1.807, 2.05) is 6.08 Å². The molecule has 0 spiro atoms. The van der Waals surface area contributed by atoms with Gasteiger partial charge in [0.15, 0.2) is 0 Å². The maximum atomic E-state index is 3.81. The van der Waals surface area contributed by atoms with Crippen LogP contribution in [0.5, 0.6) is 0 Å². The van der Waals surface area contributed by atoms with E-state index in [9.17, 15) is 0 Å². The SMILES string of the molecule is [CH2-]/C=C/P(c1ccccc1)c1ccccc1.[Ti+2]. The molecular formula is C15H14PTi+. The van der Waals surface area contributed by atoms with Crippen molar-refractivity contribution in [3.8, 4) is 0 Å². The first kappa shape index (κ1) is 14.3. The summed E-state index contributed by atoms with van der Waals surface area (Å²) >= 11 is 0. The summed E-state index contributed by atoms with van der Waals surface area (Å²) in [7, 11) is -0.394. The Morgan fingerprint density at radius 2 is 1.18 bits per heavy atom. The Kier molecular flexibility index (Phi) is 6.30. The fraction of sp³-hybridized carbons (Fsp3) is 0. The zero-order valence-corrected chi connectivity index (χ0v) is 12.0. The molecule has 2 heteroatoms. The minimum Gasteiger partial charge on any atom is -0.245 e. The van der Waals surface area contributed by atoms with Crippen molar-refractivity contribution < 1.29 is 21.7 Å². The van der Waals surface area contributed by atoms with Crippen molar-refractivity contribution in [2.45, 2.75) is 0 Å². The molecule has 0 aromatic heterocycles. The normalized spacial score (nSPS) is 10.4. The Hall–Kier alpha value is -0.806. The number of rotatable bonds is 3. The minimum atomic E-state index is -0.394. The van der Waals surface area contributed by atoms with Gasteiger partial charge in [-0.25, -0.2) is 13.0 Å². The van der Waals surface area contributed by atoms with Gasteiger partial charge in [0.05, 0.1) is 0 Å². The van der Waals surface area contributed by atoms with Gasteiger partial charge in [-0.1, -0.05) is 60.7 Å². The summed E-state index contributed by atoms with van der Waals surface area (Å²) in [6.07, 6.45) is 1.89. The van der Waals surface area contributed by atoms with Crippen molar-refractivity contribution in [3.63, 3.8) is 0 Å². The van der Waals surface area contributed by atoms with Gasteiger partial charge in [0.1, 0.15) is 0 Å². The van der Waals surface area contributed by atoms with Crippen molar-refractivity contribution in [2.24, 2.45) is 0 Å². The monoisotopic (exact) mass is 273 g/mol. The predicted octanol–water partition coefficient (Wildman–Crippen LogP) is 3.46. The standard InChI is InChI=1S/C15H14P.Ti/c1-2-13-16(14-9-5-3-6-10-14)15-11-7-4-8-12-15;/h2-13H,1H2;/q-1;+2/b13-2+;. The van der Waals surface area contributed by atoms with E-state index in [1.165, 1.54) is 10.6 Å². The number of hydrogen-bond donors (Lipinski definition) is 0. The molecule has 0 heterocycles. The molecule has 82 valence electrons. The fourth-order valence-corrected chi connectivity index (χ4v) is 3.44. The summed E-state index contributed by atoms with van der Waals surface area (Å²) in [4.78, 5) is 0. The van der Waals surface area contributed by atoms with Crippen LogP contribution in [0.3, 0.4) is 0 Å². The molecule has 0 bridgehead atoms. The molecule has 0 aliphatic heterocycles. The number of hydrogen-bond acceptors (Lipinski definition) is 0. The van der Waals surface area contributed by atoms with Crippen LogP contribution in [0.1, 0.15) is 0 Å². The van der Waals surface area contributed by atoms with Gasteiger partial charge in [0, 0.05) is 0 Å². The second-order valence-corrected chi connectivity index (χ2v) is 5.50. The molecule has 17 heavy (non-hydrogen) atoms. The molecule has 2 aromatic carbocycles. The molecule has 0 amide bonds. The van der Waals surface area contributed by atoms with Crippen LogP contribution < -0.4 is 10.6 Å². The third-order valence-electron chi connectivity index (χ3n) is 2.32. The fourth-order valence-electron chi connectivity index (χ4n) is 1.60. The van der Waals surface area contributed by atoms with Crippen molar-refractivity contribution in [1.82, 2.24) is 0 Å². The molecule has 0 fully saturated rings. The third kappa shape index (κ3) is 3.86. The second kappa shape index (κ2) is 7.51. The molecule has 0 aliphatic rings. The van der Waals surface area contributed by atoms with E-state index in [0.717, 1.165) is 0 Å². The van der Waals surface area contributed by atoms with Gasteiger partial charge in [0.25, 0.3) is 0 Å². The van der Waals surface area contributed by atoms with Crippen molar-refractivity contribution in [1.29, 1.82) is 0 Å². The Bertz CT molecular complexity index is 411. The first-order valence-electron chi connectivity index (χ1n) is 5.27. The number of benzene rings is 2. The quantitative estimate of drug-likeness (QED) is 0.456. The minimum absolute atomic E-state index is 0. The molecule has 0 aliphatic carbocycles. The smallest absolute Gasteiger partial charge is 0.245 e. The topological polar surface area (TPSA) is 0 Å². The summed E-state index contributed by atoms with van der Waals surface area (Å²) in [5, 5.41) is 2.73. The molecule has 2 aromatic rings. The summed E-state index contributed by atoms with van der Waals surface area (Å²) in [5.41, 5.74) is 0. The Morgan fingerprint density at radius 1 is 0.765 bits per heavy atom. The van der Waals surface area contributed by atoms with Gasteiger partial charge >= 0.3 is 21.7 Å². The van der Waals surface area contributed by atoms with Gasteiger partial charge < -0.3 is 0 Å². The molecular weight excluding hydrogens is 259 g/mol. The summed E-state index contributed by atoms with van der Waals surface area (Å²) in [6.45, 7) is 3.81. The van der Waals surface area contributed by atoms with E-state index in [1.54, 1.807) is 0 Å². The average Bonchev–Trinajstić information content (AvgIpc) is 2.38. The molecule has 0 radical (unpaired) electrons. The van der Waals surface area contributed by atoms with E-state index in [4.69, 9.17) is 0 Å². The largest absolute Gasteiger partial charge is 2.00 e. The summed E-state index contributed by atoms with van der Waals surface area (Å²) in [6, 6.07) is 21.2. The van der Waals surface area contributed by atoms with E-state index in [0.29, 0.717) is 0 Å². The van der Waals surface area contributed by atoms with Crippen LogP contribution in [-0.4, -0.2) is 0 Å². The maximum absolute atomic E-state index is 3.81. The maximum Gasteiger partial charge on any atom is 2.00 e. The molecule has 0 nitrogen and oxygen atoms in total. The first-order chi connectivity index (χ1) is 7.92. The van der Waals surface area contributed by atoms with Gasteiger partial charge in [-0.3, -0.25) is 0 Å². The van der Waals surface area contributed by atoms with Crippen molar-refractivity contribution in [3.05, 3.63) is 79.5 Å². The van der Waals surface area contributed by atoms with Gasteiger partial charge in [-0.05, 0) is 10.6 Å². The predicted molar refractivity (Wildman–Crippen MR) is 73.6 cm³/mol. The zero-order valence-electron chi connectivity index (χ0n) is 9.58. The summed E-state index contributed by atoms with van der Waals surface area (Å²) in [5.74, 6) is 2.19. The second-order valence-electron chi connectivity index (χ2n) is 3.43. The van der Waals surface area contributed by atoms with Crippen LogP contribution in [-0.2, 0) is 21.7 Å². The average molecular weight is 273 g/mol. The summed E-state index contributed by atoms with van der Waals surface area (Å²) < 4.78 is 0. The molecule has 2 rings (SSSR count). The van der Waals surface area contributed by atoms with Crippen LogP contribution >= 0.6 is 7.92 Å². The van der Waals surface area contributed by atoms with Crippen LogP contribution in [0, 0.1) is 6.92 Å².